The van der Waals surface area contributed by atoms with Gasteiger partial charge in [0.15, 0.2) is 0 Å². The third kappa shape index (κ3) is 5.83. The molecule has 2 N–H and O–H groups in total. The van der Waals surface area contributed by atoms with E-state index in [0.717, 1.165) is 19.3 Å². The van der Waals surface area contributed by atoms with E-state index in [1.165, 1.54) is 6.42 Å². The van der Waals surface area contributed by atoms with E-state index in [4.69, 9.17) is 5.73 Å². The normalized spacial score (nSPS) is 18.2. The van der Waals surface area contributed by atoms with Crippen LogP contribution in [0.5, 0.6) is 0 Å². The van der Waals surface area contributed by atoms with Crippen LogP contribution in [-0.2, 0) is 0 Å². The lowest BCUT2D eigenvalue weighted by atomic mass is 9.88. The molecule has 0 saturated carbocycles. The van der Waals surface area contributed by atoms with Crippen LogP contribution in [0.4, 0.5) is 4.39 Å². The van der Waals surface area contributed by atoms with E-state index in [2.05, 4.69) is 29.5 Å². The molecule has 0 spiro atoms. The van der Waals surface area contributed by atoms with Gasteiger partial charge in [-0.3, -0.25) is 4.39 Å². The molecule has 2 atom stereocenters. The van der Waals surface area contributed by atoms with Crippen molar-refractivity contribution in [2.24, 2.45) is 5.73 Å². The Kier molecular flexibility index (Phi) is 7.32. The van der Waals surface area contributed by atoms with Crippen molar-refractivity contribution in [1.29, 1.82) is 0 Å². The molecule has 0 aromatic carbocycles. The van der Waals surface area contributed by atoms with Crippen molar-refractivity contribution in [3.63, 3.8) is 0 Å². The first-order chi connectivity index (χ1) is 6.08. The van der Waals surface area contributed by atoms with Gasteiger partial charge in [-0.25, -0.2) is 0 Å². The van der Waals surface area contributed by atoms with Crippen LogP contribution in [0.25, 0.3) is 0 Å². The van der Waals surface area contributed by atoms with Crippen LogP contribution >= 0.6 is 22.6 Å². The SMILES string of the molecule is CC[C@@H](I)CCC(N)(CC)CCF. The molecule has 1 unspecified atom stereocenters. The number of rotatable bonds is 7. The maximum Gasteiger partial charge on any atom is 0.0911 e. The minimum atomic E-state index is -0.289. The van der Waals surface area contributed by atoms with Crippen LogP contribution < -0.4 is 5.73 Å². The van der Waals surface area contributed by atoms with Crippen LogP contribution in [0.1, 0.15) is 46.0 Å². The zero-order chi connectivity index (χ0) is 10.3. The largest absolute Gasteiger partial charge is 0.325 e. The fourth-order valence-electron chi connectivity index (χ4n) is 1.31. The van der Waals surface area contributed by atoms with E-state index in [0.29, 0.717) is 10.3 Å². The monoisotopic (exact) mass is 301 g/mol. The number of halogens is 2. The first-order valence-corrected chi connectivity index (χ1v) is 6.31. The summed E-state index contributed by atoms with van der Waals surface area (Å²) in [5.41, 5.74) is 5.81. The van der Waals surface area contributed by atoms with Crippen molar-refractivity contribution in [1.82, 2.24) is 0 Å². The first kappa shape index (κ1) is 13.6. The smallest absolute Gasteiger partial charge is 0.0911 e. The zero-order valence-electron chi connectivity index (χ0n) is 8.65. The number of alkyl halides is 2. The summed E-state index contributed by atoms with van der Waals surface area (Å²) in [4.78, 5) is 0. The molecule has 0 aliphatic carbocycles. The summed E-state index contributed by atoms with van der Waals surface area (Å²) in [6.45, 7) is 3.93. The highest BCUT2D eigenvalue weighted by Crippen LogP contribution is 2.23. The minimum absolute atomic E-state index is 0.257. The lowest BCUT2D eigenvalue weighted by Crippen LogP contribution is -2.40. The van der Waals surface area contributed by atoms with Gasteiger partial charge in [0.2, 0.25) is 0 Å². The highest BCUT2D eigenvalue weighted by Gasteiger charge is 2.22. The third-order valence-corrected chi connectivity index (χ3v) is 4.20. The van der Waals surface area contributed by atoms with Gasteiger partial charge < -0.3 is 5.73 Å². The summed E-state index contributed by atoms with van der Waals surface area (Å²) in [7, 11) is 0. The Morgan fingerprint density at radius 1 is 1.38 bits per heavy atom. The molecular weight excluding hydrogens is 280 g/mol. The summed E-state index contributed by atoms with van der Waals surface area (Å²) in [6, 6.07) is 0. The number of nitrogens with two attached hydrogens (primary N) is 1. The Bertz CT molecular complexity index is 132. The van der Waals surface area contributed by atoms with Crippen molar-refractivity contribution in [3.8, 4) is 0 Å². The van der Waals surface area contributed by atoms with Crippen molar-refractivity contribution >= 4 is 22.6 Å². The molecule has 0 aliphatic rings. The van der Waals surface area contributed by atoms with Crippen molar-refractivity contribution in [2.75, 3.05) is 6.67 Å². The average molecular weight is 301 g/mol. The van der Waals surface area contributed by atoms with Gasteiger partial charge in [0, 0.05) is 9.46 Å². The standard InChI is InChI=1S/C10H21FIN/c1-3-9(12)5-6-10(13,4-2)7-8-11/h9H,3-8,13H2,1-2H3/t9-,10?/m1/s1. The summed E-state index contributed by atoms with van der Waals surface area (Å²) in [5, 5.41) is 0. The Balaban J connectivity index is 3.82. The van der Waals surface area contributed by atoms with Gasteiger partial charge in [-0.2, -0.15) is 0 Å². The molecule has 0 saturated heterocycles. The predicted molar refractivity (Wildman–Crippen MR) is 65.1 cm³/mol. The van der Waals surface area contributed by atoms with E-state index in [1.807, 2.05) is 6.92 Å². The van der Waals surface area contributed by atoms with Gasteiger partial charge >= 0.3 is 0 Å². The molecular formula is C10H21FIN. The quantitative estimate of drug-likeness (QED) is 0.566. The molecule has 0 aliphatic heterocycles. The molecule has 0 fully saturated rings. The predicted octanol–water partition coefficient (Wildman–Crippen LogP) is 3.45. The average Bonchev–Trinajstić information content (AvgIpc) is 2.15. The molecule has 1 nitrogen and oxygen atoms in total. The van der Waals surface area contributed by atoms with Gasteiger partial charge in [-0.15, -0.1) is 0 Å². The Hall–Kier alpha value is 0.620. The van der Waals surface area contributed by atoms with Crippen molar-refractivity contribution in [2.45, 2.75) is 55.4 Å². The van der Waals surface area contributed by atoms with Crippen molar-refractivity contribution < 1.29 is 4.39 Å². The molecule has 0 aromatic heterocycles. The van der Waals surface area contributed by atoms with Crippen molar-refractivity contribution in [3.05, 3.63) is 0 Å². The summed E-state index contributed by atoms with van der Waals surface area (Å²) < 4.78 is 12.9. The Morgan fingerprint density at radius 3 is 2.38 bits per heavy atom. The molecule has 0 radical (unpaired) electrons. The molecule has 0 bridgehead atoms. The topological polar surface area (TPSA) is 26.0 Å². The van der Waals surface area contributed by atoms with Gasteiger partial charge in [-0.1, -0.05) is 36.4 Å². The van der Waals surface area contributed by atoms with Crippen LogP contribution in [0, 0.1) is 0 Å². The lowest BCUT2D eigenvalue weighted by molar-refractivity contribution is 0.301. The summed E-state index contributed by atoms with van der Waals surface area (Å²) in [6.07, 6.45) is 4.63. The van der Waals surface area contributed by atoms with Crippen LogP contribution in [0.3, 0.4) is 0 Å². The number of hydrogen-bond donors (Lipinski definition) is 1. The van der Waals surface area contributed by atoms with Gasteiger partial charge in [0.25, 0.3) is 0 Å². The van der Waals surface area contributed by atoms with Crippen LogP contribution in [-0.4, -0.2) is 16.1 Å². The van der Waals surface area contributed by atoms with Gasteiger partial charge in [0.1, 0.15) is 0 Å². The number of hydrogen-bond acceptors (Lipinski definition) is 1. The fourth-order valence-corrected chi connectivity index (χ4v) is 1.63. The van der Waals surface area contributed by atoms with Gasteiger partial charge in [-0.05, 0) is 32.1 Å². The lowest BCUT2D eigenvalue weighted by Gasteiger charge is -2.27. The molecule has 0 aromatic rings. The van der Waals surface area contributed by atoms with E-state index >= 15 is 0 Å². The van der Waals surface area contributed by atoms with Gasteiger partial charge in [0.05, 0.1) is 6.67 Å². The third-order valence-electron chi connectivity index (χ3n) is 2.69. The second-order valence-corrected chi connectivity index (χ2v) is 5.46. The van der Waals surface area contributed by atoms with E-state index < -0.39 is 0 Å². The molecule has 0 heterocycles. The molecule has 80 valence electrons. The highest BCUT2D eigenvalue weighted by atomic mass is 127. The van der Waals surface area contributed by atoms with Crippen LogP contribution in [0.2, 0.25) is 0 Å². The summed E-state index contributed by atoms with van der Waals surface area (Å²) >= 11 is 2.44. The molecule has 0 amide bonds. The minimum Gasteiger partial charge on any atom is -0.325 e. The second-order valence-electron chi connectivity index (χ2n) is 3.70. The fraction of sp³-hybridized carbons (Fsp3) is 1.00. The molecule has 0 rings (SSSR count). The first-order valence-electron chi connectivity index (χ1n) is 5.07. The molecule has 3 heteroatoms. The maximum atomic E-state index is 12.2. The summed E-state index contributed by atoms with van der Waals surface area (Å²) in [5.74, 6) is 0. The van der Waals surface area contributed by atoms with Crippen LogP contribution in [0.15, 0.2) is 0 Å². The maximum absolute atomic E-state index is 12.2. The second kappa shape index (κ2) is 6.98. The van der Waals surface area contributed by atoms with E-state index in [9.17, 15) is 4.39 Å². The van der Waals surface area contributed by atoms with E-state index in [-0.39, 0.29) is 12.2 Å². The van der Waals surface area contributed by atoms with E-state index in [1.54, 1.807) is 0 Å². The Labute approximate surface area is 94.8 Å². The molecule has 13 heavy (non-hydrogen) atoms. The Morgan fingerprint density at radius 2 is 2.00 bits per heavy atom. The highest BCUT2D eigenvalue weighted by molar-refractivity contribution is 14.1. The zero-order valence-corrected chi connectivity index (χ0v) is 10.8.